The number of hydrogen-bond acceptors (Lipinski definition) is 3. The van der Waals surface area contributed by atoms with Gasteiger partial charge in [-0.15, -0.1) is 0 Å². The molecule has 4 heteroatoms. The Morgan fingerprint density at radius 3 is 2.59 bits per heavy atom. The van der Waals surface area contributed by atoms with Crippen LogP contribution in [0.2, 0.25) is 0 Å². The Hall–Kier alpha value is -1.45. The molecule has 0 radical (unpaired) electrons. The Kier molecular flexibility index (Phi) is 3.71. The van der Waals surface area contributed by atoms with E-state index in [1.54, 1.807) is 12.4 Å². The van der Waals surface area contributed by atoms with Crippen molar-refractivity contribution in [1.82, 2.24) is 14.9 Å². The predicted molar refractivity (Wildman–Crippen MR) is 65.5 cm³/mol. The van der Waals surface area contributed by atoms with Gasteiger partial charge in [0.1, 0.15) is 5.69 Å². The van der Waals surface area contributed by atoms with Crippen LogP contribution in [0.3, 0.4) is 0 Å². The number of hydrogen-bond donors (Lipinski definition) is 0. The van der Waals surface area contributed by atoms with Crippen molar-refractivity contribution in [2.24, 2.45) is 11.8 Å². The number of piperidine rings is 1. The average molecular weight is 233 g/mol. The molecule has 0 bridgehead atoms. The molecule has 1 aromatic rings. The van der Waals surface area contributed by atoms with Gasteiger partial charge >= 0.3 is 0 Å². The molecule has 0 aliphatic carbocycles. The van der Waals surface area contributed by atoms with Gasteiger partial charge in [-0.25, -0.2) is 4.98 Å². The van der Waals surface area contributed by atoms with E-state index < -0.39 is 0 Å². The van der Waals surface area contributed by atoms with Crippen LogP contribution in [0.15, 0.2) is 18.6 Å². The van der Waals surface area contributed by atoms with Crippen LogP contribution in [-0.2, 0) is 0 Å². The van der Waals surface area contributed by atoms with Crippen LogP contribution in [0.1, 0.15) is 37.2 Å². The van der Waals surface area contributed by atoms with Crippen LogP contribution in [0.25, 0.3) is 0 Å². The third-order valence-corrected chi connectivity index (χ3v) is 3.55. The summed E-state index contributed by atoms with van der Waals surface area (Å²) in [6.45, 7) is 6.20. The molecule has 92 valence electrons. The summed E-state index contributed by atoms with van der Waals surface area (Å²) in [6, 6.07) is 0. The molecular formula is C13H19N3O. The zero-order chi connectivity index (χ0) is 12.3. The molecule has 17 heavy (non-hydrogen) atoms. The Morgan fingerprint density at radius 1 is 1.35 bits per heavy atom. The second-order valence-corrected chi connectivity index (χ2v) is 4.96. The van der Waals surface area contributed by atoms with Gasteiger partial charge < -0.3 is 4.90 Å². The van der Waals surface area contributed by atoms with Gasteiger partial charge in [0.05, 0.1) is 6.20 Å². The fraction of sp³-hybridized carbons (Fsp3) is 0.615. The normalized spacial score (nSPS) is 17.5. The molecule has 1 amide bonds. The van der Waals surface area contributed by atoms with Crippen molar-refractivity contribution in [1.29, 1.82) is 0 Å². The zero-order valence-electron chi connectivity index (χ0n) is 10.5. The van der Waals surface area contributed by atoms with Crippen LogP contribution < -0.4 is 0 Å². The van der Waals surface area contributed by atoms with Gasteiger partial charge in [-0.05, 0) is 24.7 Å². The average Bonchev–Trinajstić information content (AvgIpc) is 2.39. The van der Waals surface area contributed by atoms with E-state index in [0.717, 1.165) is 31.8 Å². The molecule has 0 N–H and O–H groups in total. The number of rotatable bonds is 2. The molecule has 1 saturated heterocycles. The Labute approximate surface area is 102 Å². The lowest BCUT2D eigenvalue weighted by molar-refractivity contribution is 0.0661. The molecule has 0 atom stereocenters. The highest BCUT2D eigenvalue weighted by molar-refractivity contribution is 5.91. The minimum absolute atomic E-state index is 0.0142. The second-order valence-electron chi connectivity index (χ2n) is 4.96. The molecule has 2 rings (SSSR count). The number of nitrogens with zero attached hydrogens (tertiary/aromatic N) is 3. The first-order valence-corrected chi connectivity index (χ1v) is 6.23. The van der Waals surface area contributed by atoms with Crippen molar-refractivity contribution in [2.75, 3.05) is 13.1 Å². The first-order chi connectivity index (χ1) is 8.18. The lowest BCUT2D eigenvalue weighted by atomic mass is 9.86. The van der Waals surface area contributed by atoms with Crippen LogP contribution in [-0.4, -0.2) is 33.9 Å². The fourth-order valence-electron chi connectivity index (χ4n) is 2.34. The molecule has 1 aromatic heterocycles. The maximum Gasteiger partial charge on any atom is 0.274 e. The third kappa shape index (κ3) is 2.81. The van der Waals surface area contributed by atoms with E-state index in [9.17, 15) is 4.79 Å². The Bertz CT molecular complexity index is 370. The van der Waals surface area contributed by atoms with E-state index in [1.807, 2.05) is 4.90 Å². The van der Waals surface area contributed by atoms with E-state index in [0.29, 0.717) is 11.6 Å². The lowest BCUT2D eigenvalue weighted by Gasteiger charge is -2.33. The maximum atomic E-state index is 12.1. The topological polar surface area (TPSA) is 46.1 Å². The van der Waals surface area contributed by atoms with E-state index >= 15 is 0 Å². The van der Waals surface area contributed by atoms with Crippen LogP contribution in [0.5, 0.6) is 0 Å². The van der Waals surface area contributed by atoms with E-state index in [2.05, 4.69) is 23.8 Å². The molecule has 0 unspecified atom stereocenters. The molecular weight excluding hydrogens is 214 g/mol. The Balaban J connectivity index is 1.95. The molecule has 4 nitrogen and oxygen atoms in total. The maximum absolute atomic E-state index is 12.1. The largest absolute Gasteiger partial charge is 0.337 e. The summed E-state index contributed by atoms with van der Waals surface area (Å²) in [5.74, 6) is 1.48. The fourth-order valence-corrected chi connectivity index (χ4v) is 2.34. The highest BCUT2D eigenvalue weighted by Gasteiger charge is 2.25. The van der Waals surface area contributed by atoms with E-state index in [4.69, 9.17) is 0 Å². The van der Waals surface area contributed by atoms with E-state index in [1.165, 1.54) is 6.20 Å². The predicted octanol–water partition coefficient (Wildman–Crippen LogP) is 1.98. The minimum atomic E-state index is 0.0142. The quantitative estimate of drug-likeness (QED) is 0.784. The van der Waals surface area contributed by atoms with Crippen molar-refractivity contribution in [3.8, 4) is 0 Å². The van der Waals surface area contributed by atoms with Gasteiger partial charge in [0.2, 0.25) is 0 Å². The van der Waals surface area contributed by atoms with Gasteiger partial charge in [0.15, 0.2) is 0 Å². The smallest absolute Gasteiger partial charge is 0.274 e. The Morgan fingerprint density at radius 2 is 2.06 bits per heavy atom. The summed E-state index contributed by atoms with van der Waals surface area (Å²) in [5, 5.41) is 0. The summed E-state index contributed by atoms with van der Waals surface area (Å²) in [4.78, 5) is 22.0. The van der Waals surface area contributed by atoms with Gasteiger partial charge in [0.25, 0.3) is 5.91 Å². The van der Waals surface area contributed by atoms with Crippen LogP contribution >= 0.6 is 0 Å². The summed E-state index contributed by atoms with van der Waals surface area (Å²) in [6.07, 6.45) is 6.89. The summed E-state index contributed by atoms with van der Waals surface area (Å²) in [5.41, 5.74) is 0.454. The van der Waals surface area contributed by atoms with Crippen molar-refractivity contribution < 1.29 is 4.79 Å². The van der Waals surface area contributed by atoms with Crippen molar-refractivity contribution >= 4 is 5.91 Å². The number of carbonyl (C=O) groups excluding carboxylic acids is 1. The van der Waals surface area contributed by atoms with Crippen LogP contribution in [0.4, 0.5) is 0 Å². The summed E-state index contributed by atoms with van der Waals surface area (Å²) in [7, 11) is 0. The first kappa shape index (κ1) is 12.0. The number of likely N-dealkylation sites (tertiary alicyclic amines) is 1. The van der Waals surface area contributed by atoms with E-state index in [-0.39, 0.29) is 5.91 Å². The summed E-state index contributed by atoms with van der Waals surface area (Å²) >= 11 is 0. The molecule has 1 fully saturated rings. The molecule has 1 aliphatic rings. The number of amides is 1. The van der Waals surface area contributed by atoms with Gasteiger partial charge in [-0.1, -0.05) is 13.8 Å². The standard InChI is InChI=1S/C13H19N3O/c1-10(2)11-3-7-16(8-4-11)13(17)12-9-14-5-6-15-12/h5-6,9-11H,3-4,7-8H2,1-2H3. The zero-order valence-corrected chi connectivity index (χ0v) is 10.5. The molecule has 0 spiro atoms. The molecule has 1 aliphatic heterocycles. The van der Waals surface area contributed by atoms with Crippen molar-refractivity contribution in [3.05, 3.63) is 24.3 Å². The molecule has 0 saturated carbocycles. The highest BCUT2D eigenvalue weighted by atomic mass is 16.2. The van der Waals surface area contributed by atoms with Gasteiger partial charge in [-0.2, -0.15) is 0 Å². The SMILES string of the molecule is CC(C)C1CCN(C(=O)c2cnccn2)CC1. The van der Waals surface area contributed by atoms with Gasteiger partial charge in [0, 0.05) is 25.5 Å². The van der Waals surface area contributed by atoms with Crippen molar-refractivity contribution in [2.45, 2.75) is 26.7 Å². The van der Waals surface area contributed by atoms with Crippen LogP contribution in [0, 0.1) is 11.8 Å². The molecule has 2 heterocycles. The monoisotopic (exact) mass is 233 g/mol. The second kappa shape index (κ2) is 5.25. The highest BCUT2D eigenvalue weighted by Crippen LogP contribution is 2.24. The number of carbonyl (C=O) groups is 1. The van der Waals surface area contributed by atoms with Gasteiger partial charge in [-0.3, -0.25) is 9.78 Å². The first-order valence-electron chi connectivity index (χ1n) is 6.23. The lowest BCUT2D eigenvalue weighted by Crippen LogP contribution is -2.39. The number of aromatic nitrogens is 2. The minimum Gasteiger partial charge on any atom is -0.337 e. The van der Waals surface area contributed by atoms with Crippen molar-refractivity contribution in [3.63, 3.8) is 0 Å². The summed E-state index contributed by atoms with van der Waals surface area (Å²) < 4.78 is 0. The molecule has 0 aromatic carbocycles. The third-order valence-electron chi connectivity index (χ3n) is 3.55.